The molecule has 0 unspecified atom stereocenters. The van der Waals surface area contributed by atoms with Crippen molar-refractivity contribution < 1.29 is 4.74 Å². The van der Waals surface area contributed by atoms with E-state index in [0.29, 0.717) is 6.61 Å². The molecule has 0 atom stereocenters. The highest BCUT2D eigenvalue weighted by molar-refractivity contribution is 5.62. The topological polar surface area (TPSA) is 21.3 Å². The molecule has 0 heterocycles. The first-order valence-electron chi connectivity index (χ1n) is 8.82. The molecule has 0 aromatic heterocycles. The van der Waals surface area contributed by atoms with Gasteiger partial charge in [0, 0.05) is 17.4 Å². The molecule has 0 bridgehead atoms. The van der Waals surface area contributed by atoms with Gasteiger partial charge in [-0.1, -0.05) is 49.9 Å². The lowest BCUT2D eigenvalue weighted by molar-refractivity contribution is 0.336. The molecule has 1 N–H and O–H groups in total. The van der Waals surface area contributed by atoms with Crippen LogP contribution in [0.1, 0.15) is 50.7 Å². The minimum atomic E-state index is 0.704. The van der Waals surface area contributed by atoms with Gasteiger partial charge in [-0.25, -0.2) is 0 Å². The van der Waals surface area contributed by atoms with Gasteiger partial charge < -0.3 is 10.1 Å². The standard InChI is InChI=1S/C21H29NO/c1-4-6-7-8-9-18-12-15-20(16-21(18)23-5-2)22-19-13-10-17(3)11-14-19/h10-16,22H,4-9H2,1-3H3. The molecule has 2 rings (SSSR count). The first kappa shape index (κ1) is 17.4. The van der Waals surface area contributed by atoms with Crippen molar-refractivity contribution in [1.29, 1.82) is 0 Å². The second kappa shape index (κ2) is 9.24. The van der Waals surface area contributed by atoms with Crippen molar-refractivity contribution in [1.82, 2.24) is 0 Å². The van der Waals surface area contributed by atoms with Gasteiger partial charge in [0.25, 0.3) is 0 Å². The van der Waals surface area contributed by atoms with Crippen molar-refractivity contribution in [3.8, 4) is 5.75 Å². The third-order valence-electron chi connectivity index (χ3n) is 4.01. The molecule has 0 aliphatic carbocycles. The number of anilines is 2. The quantitative estimate of drug-likeness (QED) is 0.552. The highest BCUT2D eigenvalue weighted by Gasteiger charge is 2.06. The van der Waals surface area contributed by atoms with E-state index in [2.05, 4.69) is 61.6 Å². The van der Waals surface area contributed by atoms with Gasteiger partial charge in [-0.15, -0.1) is 0 Å². The fourth-order valence-corrected chi connectivity index (χ4v) is 2.67. The number of rotatable bonds is 9. The van der Waals surface area contributed by atoms with Gasteiger partial charge in [-0.2, -0.15) is 0 Å². The molecule has 2 nitrogen and oxygen atoms in total. The van der Waals surface area contributed by atoms with Crippen LogP contribution >= 0.6 is 0 Å². The van der Waals surface area contributed by atoms with Gasteiger partial charge in [0.05, 0.1) is 6.61 Å². The highest BCUT2D eigenvalue weighted by atomic mass is 16.5. The molecule has 23 heavy (non-hydrogen) atoms. The molecule has 0 aliphatic rings. The number of unbranched alkanes of at least 4 members (excludes halogenated alkanes) is 3. The summed E-state index contributed by atoms with van der Waals surface area (Å²) in [5, 5.41) is 3.45. The Kier molecular flexibility index (Phi) is 6.99. The number of nitrogens with one attached hydrogen (secondary N) is 1. The van der Waals surface area contributed by atoms with Crippen molar-refractivity contribution in [2.24, 2.45) is 0 Å². The van der Waals surface area contributed by atoms with Crippen LogP contribution < -0.4 is 10.1 Å². The van der Waals surface area contributed by atoms with Crippen LogP contribution in [0.5, 0.6) is 5.75 Å². The smallest absolute Gasteiger partial charge is 0.124 e. The molecule has 0 amide bonds. The summed E-state index contributed by atoms with van der Waals surface area (Å²) < 4.78 is 5.85. The van der Waals surface area contributed by atoms with Crippen LogP contribution in [0.3, 0.4) is 0 Å². The summed E-state index contributed by atoms with van der Waals surface area (Å²) in [6, 6.07) is 14.9. The fourth-order valence-electron chi connectivity index (χ4n) is 2.67. The van der Waals surface area contributed by atoms with Crippen LogP contribution in [0.25, 0.3) is 0 Å². The molecule has 0 spiro atoms. The maximum atomic E-state index is 5.85. The van der Waals surface area contributed by atoms with E-state index in [1.807, 2.05) is 6.92 Å². The molecule has 0 radical (unpaired) electrons. The fraction of sp³-hybridized carbons (Fsp3) is 0.429. The maximum absolute atomic E-state index is 5.85. The lowest BCUT2D eigenvalue weighted by Crippen LogP contribution is -1.99. The Balaban J connectivity index is 2.06. The first-order valence-corrected chi connectivity index (χ1v) is 8.82. The zero-order valence-electron chi connectivity index (χ0n) is 14.7. The minimum absolute atomic E-state index is 0.704. The second-order valence-corrected chi connectivity index (χ2v) is 6.06. The van der Waals surface area contributed by atoms with E-state index in [4.69, 9.17) is 4.74 Å². The SMILES string of the molecule is CCCCCCc1ccc(Nc2ccc(C)cc2)cc1OCC. The van der Waals surface area contributed by atoms with Crippen molar-refractivity contribution in [2.45, 2.75) is 52.9 Å². The summed E-state index contributed by atoms with van der Waals surface area (Å²) >= 11 is 0. The first-order chi connectivity index (χ1) is 11.2. The van der Waals surface area contributed by atoms with E-state index in [-0.39, 0.29) is 0 Å². The van der Waals surface area contributed by atoms with Crippen molar-refractivity contribution in [2.75, 3.05) is 11.9 Å². The van der Waals surface area contributed by atoms with Gasteiger partial charge in [-0.05, 0) is 50.5 Å². The number of benzene rings is 2. The van der Waals surface area contributed by atoms with Crippen LogP contribution in [0.4, 0.5) is 11.4 Å². The average Bonchev–Trinajstić information content (AvgIpc) is 2.56. The second-order valence-electron chi connectivity index (χ2n) is 6.06. The molecular formula is C21H29NO. The Morgan fingerprint density at radius 2 is 1.61 bits per heavy atom. The normalized spacial score (nSPS) is 10.6. The van der Waals surface area contributed by atoms with Gasteiger partial charge >= 0.3 is 0 Å². The zero-order chi connectivity index (χ0) is 16.5. The van der Waals surface area contributed by atoms with E-state index >= 15 is 0 Å². The summed E-state index contributed by atoms with van der Waals surface area (Å²) in [6.45, 7) is 7.10. The zero-order valence-corrected chi connectivity index (χ0v) is 14.7. The Morgan fingerprint density at radius 3 is 2.30 bits per heavy atom. The monoisotopic (exact) mass is 311 g/mol. The summed E-state index contributed by atoms with van der Waals surface area (Å²) in [5.74, 6) is 1.01. The van der Waals surface area contributed by atoms with E-state index in [1.54, 1.807) is 0 Å². The molecule has 0 saturated heterocycles. The van der Waals surface area contributed by atoms with Gasteiger partial charge in [0.1, 0.15) is 5.75 Å². The summed E-state index contributed by atoms with van der Waals surface area (Å²) in [4.78, 5) is 0. The van der Waals surface area contributed by atoms with Gasteiger partial charge in [-0.3, -0.25) is 0 Å². The molecular weight excluding hydrogens is 282 g/mol. The van der Waals surface area contributed by atoms with Crippen LogP contribution in [0.2, 0.25) is 0 Å². The van der Waals surface area contributed by atoms with E-state index in [1.165, 1.54) is 36.8 Å². The van der Waals surface area contributed by atoms with Crippen molar-refractivity contribution >= 4 is 11.4 Å². The number of aryl methyl sites for hydroxylation is 2. The number of hydrogen-bond donors (Lipinski definition) is 1. The van der Waals surface area contributed by atoms with Gasteiger partial charge in [0.2, 0.25) is 0 Å². The Labute approximate surface area is 140 Å². The van der Waals surface area contributed by atoms with E-state index < -0.39 is 0 Å². The van der Waals surface area contributed by atoms with Crippen LogP contribution in [-0.4, -0.2) is 6.61 Å². The van der Waals surface area contributed by atoms with Crippen molar-refractivity contribution in [3.05, 3.63) is 53.6 Å². The molecule has 2 aromatic rings. The van der Waals surface area contributed by atoms with Gasteiger partial charge in [0.15, 0.2) is 0 Å². The Morgan fingerprint density at radius 1 is 0.870 bits per heavy atom. The lowest BCUT2D eigenvalue weighted by Gasteiger charge is -2.14. The summed E-state index contributed by atoms with van der Waals surface area (Å²) in [6.07, 6.45) is 6.22. The molecule has 124 valence electrons. The Hall–Kier alpha value is -1.96. The maximum Gasteiger partial charge on any atom is 0.124 e. The molecule has 0 saturated carbocycles. The number of ether oxygens (including phenoxy) is 1. The van der Waals surface area contributed by atoms with E-state index in [0.717, 1.165) is 23.5 Å². The third-order valence-corrected chi connectivity index (χ3v) is 4.01. The Bertz CT molecular complexity index is 589. The molecule has 2 heteroatoms. The average molecular weight is 311 g/mol. The minimum Gasteiger partial charge on any atom is -0.494 e. The third kappa shape index (κ3) is 5.63. The van der Waals surface area contributed by atoms with Crippen LogP contribution in [0, 0.1) is 6.92 Å². The largest absolute Gasteiger partial charge is 0.494 e. The molecule has 2 aromatic carbocycles. The molecule has 0 aliphatic heterocycles. The molecule has 0 fully saturated rings. The van der Waals surface area contributed by atoms with Crippen molar-refractivity contribution in [3.63, 3.8) is 0 Å². The number of hydrogen-bond acceptors (Lipinski definition) is 2. The predicted molar refractivity (Wildman–Crippen MR) is 99.9 cm³/mol. The predicted octanol–water partition coefficient (Wildman–Crippen LogP) is 6.26. The summed E-state index contributed by atoms with van der Waals surface area (Å²) in [5.41, 5.74) is 4.77. The summed E-state index contributed by atoms with van der Waals surface area (Å²) in [7, 11) is 0. The highest BCUT2D eigenvalue weighted by Crippen LogP contribution is 2.27. The van der Waals surface area contributed by atoms with E-state index in [9.17, 15) is 0 Å². The lowest BCUT2D eigenvalue weighted by atomic mass is 10.0. The van der Waals surface area contributed by atoms with Crippen LogP contribution in [0.15, 0.2) is 42.5 Å². The van der Waals surface area contributed by atoms with Crippen LogP contribution in [-0.2, 0) is 6.42 Å².